The zero-order valence-corrected chi connectivity index (χ0v) is 25.8. The van der Waals surface area contributed by atoms with Crippen LogP contribution in [0.4, 0.5) is 0 Å². The van der Waals surface area contributed by atoms with Gasteiger partial charge in [-0.1, -0.05) is 83.6 Å². The fraction of sp³-hybridized carbons (Fsp3) is 0.167. The molecular formula is C36H29ClN2O4S. The van der Waals surface area contributed by atoms with E-state index in [2.05, 4.69) is 24.3 Å². The first kappa shape index (κ1) is 28.2. The van der Waals surface area contributed by atoms with Gasteiger partial charge in [-0.15, -0.1) is 0 Å². The van der Waals surface area contributed by atoms with Crippen molar-refractivity contribution in [1.82, 2.24) is 4.57 Å². The lowest BCUT2D eigenvalue weighted by molar-refractivity contribution is 0.284. The van der Waals surface area contributed by atoms with Crippen molar-refractivity contribution in [3.63, 3.8) is 0 Å². The lowest BCUT2D eigenvalue weighted by Crippen LogP contribution is -2.38. The summed E-state index contributed by atoms with van der Waals surface area (Å²) in [7, 11) is 3.26. The van der Waals surface area contributed by atoms with Crippen molar-refractivity contribution in [2.75, 3.05) is 14.2 Å². The van der Waals surface area contributed by atoms with Gasteiger partial charge >= 0.3 is 0 Å². The van der Waals surface area contributed by atoms with Gasteiger partial charge in [0.1, 0.15) is 12.4 Å². The van der Waals surface area contributed by atoms with E-state index in [1.165, 1.54) is 16.9 Å². The molecule has 0 saturated carbocycles. The summed E-state index contributed by atoms with van der Waals surface area (Å²) in [5.74, 6) is 1.94. The zero-order valence-electron chi connectivity index (χ0n) is 24.2. The molecule has 0 saturated heterocycles. The highest BCUT2D eigenvalue weighted by atomic mass is 35.5. The van der Waals surface area contributed by atoms with E-state index in [-0.39, 0.29) is 11.6 Å². The molecule has 8 heteroatoms. The molecule has 2 heterocycles. The van der Waals surface area contributed by atoms with Crippen molar-refractivity contribution in [1.29, 1.82) is 0 Å². The summed E-state index contributed by atoms with van der Waals surface area (Å²) in [6.07, 6.45) is 3.64. The zero-order chi connectivity index (χ0) is 30.2. The average molecular weight is 621 g/mol. The van der Waals surface area contributed by atoms with E-state index >= 15 is 0 Å². The third-order valence-corrected chi connectivity index (χ3v) is 9.48. The number of ether oxygens (including phenoxy) is 3. The van der Waals surface area contributed by atoms with Crippen LogP contribution in [-0.2, 0) is 13.0 Å². The molecule has 0 amide bonds. The number of thiazole rings is 1. The Morgan fingerprint density at radius 1 is 0.932 bits per heavy atom. The van der Waals surface area contributed by atoms with Crippen LogP contribution in [0.15, 0.2) is 106 Å². The quantitative estimate of drug-likeness (QED) is 0.207. The molecule has 4 aromatic carbocycles. The third kappa shape index (κ3) is 5.12. The number of aryl methyl sites for hydroxylation is 1. The number of benzene rings is 4. The number of aromatic nitrogens is 1. The van der Waals surface area contributed by atoms with E-state index in [0.717, 1.165) is 52.1 Å². The monoisotopic (exact) mass is 620 g/mol. The Bertz CT molecular complexity index is 2100. The van der Waals surface area contributed by atoms with Gasteiger partial charge in [0.15, 0.2) is 16.3 Å². The minimum Gasteiger partial charge on any atom is -0.497 e. The van der Waals surface area contributed by atoms with Gasteiger partial charge in [-0.25, -0.2) is 4.99 Å². The fourth-order valence-electron chi connectivity index (χ4n) is 5.92. The van der Waals surface area contributed by atoms with Crippen LogP contribution in [-0.4, -0.2) is 18.8 Å². The molecular weight excluding hydrogens is 592 g/mol. The Morgan fingerprint density at radius 2 is 1.73 bits per heavy atom. The normalized spacial score (nSPS) is 15.6. The van der Waals surface area contributed by atoms with Crippen LogP contribution < -0.4 is 29.1 Å². The average Bonchev–Trinajstić information content (AvgIpc) is 3.37. The molecule has 0 radical (unpaired) electrons. The first-order valence-electron chi connectivity index (χ1n) is 14.4. The van der Waals surface area contributed by atoms with Crippen LogP contribution >= 0.6 is 22.9 Å². The molecule has 1 aliphatic heterocycles. The molecule has 1 aliphatic carbocycles. The molecule has 1 atom stereocenters. The number of allylic oxidation sites excluding steroid dienone is 1. The molecule has 44 heavy (non-hydrogen) atoms. The highest BCUT2D eigenvalue weighted by Crippen LogP contribution is 2.41. The van der Waals surface area contributed by atoms with Gasteiger partial charge in [0.05, 0.1) is 30.5 Å². The van der Waals surface area contributed by atoms with Gasteiger partial charge in [0, 0.05) is 16.1 Å². The molecule has 0 bridgehead atoms. The van der Waals surface area contributed by atoms with Crippen molar-refractivity contribution in [2.24, 2.45) is 4.99 Å². The van der Waals surface area contributed by atoms with Gasteiger partial charge in [0.25, 0.3) is 5.56 Å². The van der Waals surface area contributed by atoms with Gasteiger partial charge in [0.2, 0.25) is 0 Å². The number of nitrogens with zero attached hydrogens (tertiary/aromatic N) is 2. The number of rotatable bonds is 7. The molecule has 1 aromatic heterocycles. The van der Waals surface area contributed by atoms with E-state index in [9.17, 15) is 4.79 Å². The van der Waals surface area contributed by atoms with Crippen LogP contribution in [0.5, 0.6) is 17.2 Å². The summed E-state index contributed by atoms with van der Waals surface area (Å²) < 4.78 is 19.6. The second kappa shape index (κ2) is 11.8. The summed E-state index contributed by atoms with van der Waals surface area (Å²) in [4.78, 5) is 19.9. The lowest BCUT2D eigenvalue weighted by Gasteiger charge is -2.30. The van der Waals surface area contributed by atoms with E-state index in [1.807, 2.05) is 77.4 Å². The summed E-state index contributed by atoms with van der Waals surface area (Å²) >= 11 is 7.71. The molecule has 220 valence electrons. The van der Waals surface area contributed by atoms with Crippen molar-refractivity contribution in [3.05, 3.63) is 149 Å². The lowest BCUT2D eigenvalue weighted by atomic mass is 9.83. The molecule has 0 N–H and O–H groups in total. The van der Waals surface area contributed by atoms with Crippen molar-refractivity contribution < 1.29 is 14.2 Å². The maximum atomic E-state index is 14.1. The van der Waals surface area contributed by atoms with E-state index in [1.54, 1.807) is 14.2 Å². The first-order valence-corrected chi connectivity index (χ1v) is 15.5. The van der Waals surface area contributed by atoms with Crippen LogP contribution in [0, 0.1) is 0 Å². The van der Waals surface area contributed by atoms with Crippen LogP contribution in [0.25, 0.3) is 11.8 Å². The van der Waals surface area contributed by atoms with Crippen LogP contribution in [0.2, 0.25) is 5.02 Å². The second-order valence-corrected chi connectivity index (χ2v) is 12.1. The topological polar surface area (TPSA) is 62.0 Å². The van der Waals surface area contributed by atoms with Gasteiger partial charge < -0.3 is 14.2 Å². The molecule has 6 nitrogen and oxygen atoms in total. The van der Waals surface area contributed by atoms with Crippen molar-refractivity contribution in [2.45, 2.75) is 25.5 Å². The molecule has 0 spiro atoms. The summed E-state index contributed by atoms with van der Waals surface area (Å²) in [5.41, 5.74) is 7.23. The maximum Gasteiger partial charge on any atom is 0.271 e. The third-order valence-electron chi connectivity index (χ3n) is 8.13. The Morgan fingerprint density at radius 3 is 2.52 bits per heavy atom. The largest absolute Gasteiger partial charge is 0.497 e. The molecule has 0 fully saturated rings. The number of methoxy groups -OCH3 is 2. The number of hydrogen-bond acceptors (Lipinski definition) is 6. The van der Waals surface area contributed by atoms with E-state index in [0.29, 0.717) is 32.5 Å². The predicted octanol–water partition coefficient (Wildman–Crippen LogP) is 6.57. The maximum absolute atomic E-state index is 14.1. The Balaban J connectivity index is 1.31. The smallest absolute Gasteiger partial charge is 0.271 e. The van der Waals surface area contributed by atoms with Gasteiger partial charge in [-0.3, -0.25) is 9.36 Å². The van der Waals surface area contributed by atoms with Gasteiger partial charge in [-0.05, 0) is 71.5 Å². The molecule has 5 aromatic rings. The molecule has 0 unspecified atom stereocenters. The highest BCUT2D eigenvalue weighted by molar-refractivity contribution is 7.07. The molecule has 2 aliphatic rings. The van der Waals surface area contributed by atoms with Crippen molar-refractivity contribution in [3.8, 4) is 17.2 Å². The molecule has 7 rings (SSSR count). The van der Waals surface area contributed by atoms with E-state index < -0.39 is 0 Å². The summed E-state index contributed by atoms with van der Waals surface area (Å²) in [6.45, 7) is 0.313. The minimum atomic E-state index is -0.252. The Labute approximate surface area is 263 Å². The second-order valence-electron chi connectivity index (χ2n) is 10.7. The van der Waals surface area contributed by atoms with Gasteiger partial charge in [-0.2, -0.15) is 0 Å². The summed E-state index contributed by atoms with van der Waals surface area (Å²) in [5, 5.41) is 0.650. The standard InChI is InChI=1S/C36H29ClN2O4S/c1-41-26-15-12-24(13-16-26)34-28-17-14-23-7-3-5-9-27(23)33(28)38-36-39(34)35(40)32(44-36)20-22-11-18-30(31(19-22)42-2)43-21-25-8-4-6-10-29(25)37/h3-13,15-16,18-20,34H,14,17,21H2,1-2H3/b32-20+/t34-/m1/s1. The Hall–Kier alpha value is -4.59. The summed E-state index contributed by atoms with van der Waals surface area (Å²) in [6, 6.07) is 29.4. The predicted molar refractivity (Wildman–Crippen MR) is 175 cm³/mol. The fourth-order valence-corrected chi connectivity index (χ4v) is 7.12. The van der Waals surface area contributed by atoms with E-state index in [4.69, 9.17) is 30.8 Å². The first-order chi connectivity index (χ1) is 21.5. The number of fused-ring (bicyclic) bond motifs is 3. The Kier molecular flexibility index (Phi) is 7.58. The minimum absolute atomic E-state index is 0.0713. The number of hydrogen-bond donors (Lipinski definition) is 0. The number of halogens is 1. The van der Waals surface area contributed by atoms with Crippen LogP contribution in [0.1, 0.15) is 40.3 Å². The SMILES string of the molecule is COc1ccc([C@@H]2C3=C(N=c4s/c(=C/c5ccc(OCc6ccccc6Cl)c(OC)c5)c(=O)n42)c2ccccc2CC3)cc1. The highest BCUT2D eigenvalue weighted by Gasteiger charge is 2.32. The van der Waals surface area contributed by atoms with Crippen molar-refractivity contribution >= 4 is 34.7 Å². The van der Waals surface area contributed by atoms with Crippen LogP contribution in [0.3, 0.4) is 0 Å².